The Bertz CT molecular complexity index is 481. The number of aliphatic hydroxyl groups excluding tert-OH is 1. The summed E-state index contributed by atoms with van der Waals surface area (Å²) < 4.78 is 3.60. The van der Waals surface area contributed by atoms with E-state index in [4.69, 9.17) is 0 Å². The average molecular weight is 234 g/mol. The van der Waals surface area contributed by atoms with E-state index < -0.39 is 6.10 Å². The molecule has 0 saturated heterocycles. The highest BCUT2D eigenvalue weighted by molar-refractivity contribution is 5.22. The van der Waals surface area contributed by atoms with Gasteiger partial charge < -0.3 is 5.11 Å². The van der Waals surface area contributed by atoms with Gasteiger partial charge in [0.1, 0.15) is 6.10 Å². The fraction of sp³-hybridized carbons (Fsp3) is 0.500. The summed E-state index contributed by atoms with van der Waals surface area (Å²) in [5.74, 6) is 0. The maximum Gasteiger partial charge on any atom is 0.126 e. The monoisotopic (exact) mass is 234 g/mol. The molecule has 1 N–H and O–H groups in total. The first-order chi connectivity index (χ1) is 8.11. The van der Waals surface area contributed by atoms with Crippen molar-refractivity contribution in [1.82, 2.24) is 19.6 Å². The van der Waals surface area contributed by atoms with E-state index in [0.29, 0.717) is 5.69 Å². The van der Waals surface area contributed by atoms with Crippen molar-refractivity contribution in [2.24, 2.45) is 7.05 Å². The van der Waals surface area contributed by atoms with Crippen LogP contribution in [0.15, 0.2) is 18.5 Å². The van der Waals surface area contributed by atoms with Crippen LogP contribution in [0.3, 0.4) is 0 Å². The maximum atomic E-state index is 10.2. The van der Waals surface area contributed by atoms with Gasteiger partial charge in [-0.3, -0.25) is 9.36 Å². The number of hydrogen-bond acceptors (Lipinski definition) is 3. The highest BCUT2D eigenvalue weighted by Gasteiger charge is 2.16. The molecule has 2 rings (SSSR count). The zero-order valence-electron chi connectivity index (χ0n) is 10.5. The molecule has 5 nitrogen and oxygen atoms in total. The van der Waals surface area contributed by atoms with Crippen LogP contribution in [-0.4, -0.2) is 24.7 Å². The number of aliphatic hydroxyl groups is 1. The van der Waals surface area contributed by atoms with Crippen LogP contribution in [0.4, 0.5) is 0 Å². The van der Waals surface area contributed by atoms with E-state index in [2.05, 4.69) is 17.1 Å². The zero-order chi connectivity index (χ0) is 12.4. The summed E-state index contributed by atoms with van der Waals surface area (Å²) in [6, 6.07) is 1.89. The molecule has 0 spiro atoms. The van der Waals surface area contributed by atoms with E-state index in [-0.39, 0.29) is 0 Å². The molecule has 0 aliphatic rings. The summed E-state index contributed by atoms with van der Waals surface area (Å²) >= 11 is 0. The molecule has 1 unspecified atom stereocenters. The molecule has 1 atom stereocenters. The zero-order valence-corrected chi connectivity index (χ0v) is 10.5. The Kier molecular flexibility index (Phi) is 3.28. The highest BCUT2D eigenvalue weighted by Crippen LogP contribution is 2.20. The summed E-state index contributed by atoms with van der Waals surface area (Å²) in [6.45, 7) is 4.93. The number of aromatic nitrogens is 4. The summed E-state index contributed by atoms with van der Waals surface area (Å²) in [5.41, 5.74) is 2.48. The van der Waals surface area contributed by atoms with Crippen molar-refractivity contribution in [3.63, 3.8) is 0 Å². The molecular weight excluding hydrogens is 216 g/mol. The maximum absolute atomic E-state index is 10.2. The van der Waals surface area contributed by atoms with Gasteiger partial charge in [0.15, 0.2) is 0 Å². The quantitative estimate of drug-likeness (QED) is 0.870. The topological polar surface area (TPSA) is 55.9 Å². The molecule has 2 aromatic heterocycles. The van der Waals surface area contributed by atoms with Crippen molar-refractivity contribution in [2.45, 2.75) is 32.9 Å². The third-order valence-corrected chi connectivity index (χ3v) is 2.83. The Balaban J connectivity index is 2.20. The SMILES string of the molecule is CCCn1cc(C(O)c2cc(C)n(C)n2)cn1. The fourth-order valence-corrected chi connectivity index (χ4v) is 1.76. The molecule has 0 saturated carbocycles. The predicted molar refractivity (Wildman–Crippen MR) is 64.5 cm³/mol. The molecule has 2 aromatic rings. The van der Waals surface area contributed by atoms with Crippen LogP contribution in [0.5, 0.6) is 0 Å². The van der Waals surface area contributed by atoms with Crippen LogP contribution < -0.4 is 0 Å². The summed E-state index contributed by atoms with van der Waals surface area (Å²) in [7, 11) is 1.87. The molecule has 2 heterocycles. The molecule has 0 bridgehead atoms. The standard InChI is InChI=1S/C12H18N4O/c1-4-5-16-8-10(7-13-16)12(17)11-6-9(2)15(3)14-11/h6-8,12,17H,4-5H2,1-3H3. The molecule has 92 valence electrons. The number of aryl methyl sites for hydroxylation is 3. The lowest BCUT2D eigenvalue weighted by atomic mass is 10.1. The first kappa shape index (κ1) is 11.9. The molecule has 0 radical (unpaired) electrons. The first-order valence-electron chi connectivity index (χ1n) is 5.82. The van der Waals surface area contributed by atoms with Gasteiger partial charge in [0.05, 0.1) is 11.9 Å². The minimum Gasteiger partial charge on any atom is -0.382 e. The third-order valence-electron chi connectivity index (χ3n) is 2.83. The largest absolute Gasteiger partial charge is 0.382 e. The van der Waals surface area contributed by atoms with Crippen LogP contribution >= 0.6 is 0 Å². The molecule has 0 aliphatic heterocycles. The van der Waals surface area contributed by atoms with E-state index in [1.807, 2.05) is 30.9 Å². The van der Waals surface area contributed by atoms with Crippen LogP contribution in [0.1, 0.15) is 36.4 Å². The van der Waals surface area contributed by atoms with Gasteiger partial charge in [-0.1, -0.05) is 6.92 Å². The van der Waals surface area contributed by atoms with Crippen molar-refractivity contribution in [1.29, 1.82) is 0 Å². The van der Waals surface area contributed by atoms with Crippen molar-refractivity contribution in [2.75, 3.05) is 0 Å². The van der Waals surface area contributed by atoms with Crippen LogP contribution in [0.2, 0.25) is 0 Å². The smallest absolute Gasteiger partial charge is 0.126 e. The third kappa shape index (κ3) is 2.39. The van der Waals surface area contributed by atoms with Gasteiger partial charge in [-0.2, -0.15) is 10.2 Å². The van der Waals surface area contributed by atoms with Crippen LogP contribution in [0, 0.1) is 6.92 Å². The summed E-state index contributed by atoms with van der Waals surface area (Å²) in [4.78, 5) is 0. The van der Waals surface area contributed by atoms with Gasteiger partial charge in [-0.25, -0.2) is 0 Å². The molecule has 5 heteroatoms. The molecule has 0 fully saturated rings. The number of nitrogens with zero attached hydrogens (tertiary/aromatic N) is 4. The normalized spacial score (nSPS) is 12.9. The molecule has 17 heavy (non-hydrogen) atoms. The van der Waals surface area contributed by atoms with Crippen LogP contribution in [-0.2, 0) is 13.6 Å². The van der Waals surface area contributed by atoms with Crippen molar-refractivity contribution in [3.8, 4) is 0 Å². The van der Waals surface area contributed by atoms with E-state index in [1.54, 1.807) is 10.9 Å². The first-order valence-corrected chi connectivity index (χ1v) is 5.82. The van der Waals surface area contributed by atoms with E-state index in [9.17, 15) is 5.11 Å². The minimum atomic E-state index is -0.694. The second kappa shape index (κ2) is 4.71. The van der Waals surface area contributed by atoms with Gasteiger partial charge in [0, 0.05) is 31.0 Å². The summed E-state index contributed by atoms with van der Waals surface area (Å²) in [6.07, 6.45) is 3.91. The predicted octanol–water partition coefficient (Wildman–Crippen LogP) is 1.42. The lowest BCUT2D eigenvalue weighted by molar-refractivity contribution is 0.214. The van der Waals surface area contributed by atoms with Gasteiger partial charge in [0.25, 0.3) is 0 Å². The molecule has 0 amide bonds. The van der Waals surface area contributed by atoms with E-state index in [1.165, 1.54) is 0 Å². The number of rotatable bonds is 4. The van der Waals surface area contributed by atoms with E-state index >= 15 is 0 Å². The van der Waals surface area contributed by atoms with Crippen molar-refractivity contribution < 1.29 is 5.11 Å². The fourth-order valence-electron chi connectivity index (χ4n) is 1.76. The Morgan fingerprint density at radius 1 is 1.47 bits per heavy atom. The van der Waals surface area contributed by atoms with Gasteiger partial charge in [0.2, 0.25) is 0 Å². The van der Waals surface area contributed by atoms with Gasteiger partial charge in [-0.15, -0.1) is 0 Å². The lowest BCUT2D eigenvalue weighted by Gasteiger charge is -2.03. The second-order valence-electron chi connectivity index (χ2n) is 4.27. The van der Waals surface area contributed by atoms with Crippen molar-refractivity contribution in [3.05, 3.63) is 35.4 Å². The van der Waals surface area contributed by atoms with E-state index in [0.717, 1.165) is 24.2 Å². The van der Waals surface area contributed by atoms with Crippen molar-refractivity contribution >= 4 is 0 Å². The lowest BCUT2D eigenvalue weighted by Crippen LogP contribution is -2.01. The second-order valence-corrected chi connectivity index (χ2v) is 4.27. The Morgan fingerprint density at radius 2 is 2.24 bits per heavy atom. The van der Waals surface area contributed by atoms with Crippen LogP contribution in [0.25, 0.3) is 0 Å². The van der Waals surface area contributed by atoms with Gasteiger partial charge in [-0.05, 0) is 19.4 Å². The average Bonchev–Trinajstić information content (AvgIpc) is 2.87. The molecular formula is C12H18N4O. The number of hydrogen-bond donors (Lipinski definition) is 1. The Labute approximate surface area is 101 Å². The Morgan fingerprint density at radius 3 is 2.82 bits per heavy atom. The Hall–Kier alpha value is -1.62. The summed E-state index contributed by atoms with van der Waals surface area (Å²) in [5, 5.41) is 18.7. The molecule has 0 aromatic carbocycles. The minimum absolute atomic E-state index is 0.668. The van der Waals surface area contributed by atoms with Gasteiger partial charge >= 0.3 is 0 Å². The molecule has 0 aliphatic carbocycles. The highest BCUT2D eigenvalue weighted by atomic mass is 16.3.